The second kappa shape index (κ2) is 7.97. The lowest BCUT2D eigenvalue weighted by atomic mass is 10.1. The van der Waals surface area contributed by atoms with Crippen LogP contribution in [0.3, 0.4) is 0 Å². The Kier molecular flexibility index (Phi) is 5.98. The second-order valence-corrected chi connectivity index (χ2v) is 7.70. The molecular formula is C18H21NO4S. The summed E-state index contributed by atoms with van der Waals surface area (Å²) in [7, 11) is -1.73. The molecule has 2 aromatic carbocycles. The Morgan fingerprint density at radius 3 is 2.50 bits per heavy atom. The largest absolute Gasteiger partial charge is 0.496 e. The average Bonchev–Trinajstić information content (AvgIpc) is 2.55. The van der Waals surface area contributed by atoms with Gasteiger partial charge in [-0.25, -0.2) is 8.42 Å². The lowest BCUT2D eigenvalue weighted by molar-refractivity contribution is 0.0956. The zero-order valence-electron chi connectivity index (χ0n) is 13.8. The number of benzene rings is 2. The Hall–Kier alpha value is -2.34. The van der Waals surface area contributed by atoms with Crippen LogP contribution in [0.25, 0.3) is 0 Å². The normalized spacial score (nSPS) is 11.1. The van der Waals surface area contributed by atoms with Gasteiger partial charge in [0.15, 0.2) is 9.84 Å². The minimum Gasteiger partial charge on any atom is -0.496 e. The molecule has 0 saturated heterocycles. The van der Waals surface area contributed by atoms with Gasteiger partial charge in [-0.05, 0) is 30.2 Å². The molecule has 0 spiro atoms. The first-order valence-corrected chi connectivity index (χ1v) is 9.40. The lowest BCUT2D eigenvalue weighted by Gasteiger charge is -2.09. The Bertz CT molecular complexity index is 801. The number of sulfone groups is 1. The van der Waals surface area contributed by atoms with Gasteiger partial charge in [-0.2, -0.15) is 0 Å². The van der Waals surface area contributed by atoms with E-state index in [1.807, 2.05) is 13.0 Å². The Morgan fingerprint density at radius 1 is 1.12 bits per heavy atom. The molecule has 0 aliphatic rings. The van der Waals surface area contributed by atoms with Gasteiger partial charge >= 0.3 is 0 Å². The zero-order chi connectivity index (χ0) is 17.6. The quantitative estimate of drug-likeness (QED) is 0.834. The number of ether oxygens (including phenoxy) is 1. The summed E-state index contributed by atoms with van der Waals surface area (Å²) in [6.07, 6.45) is 0. The van der Waals surface area contributed by atoms with Gasteiger partial charge < -0.3 is 10.1 Å². The summed E-state index contributed by atoms with van der Waals surface area (Å²) in [6.45, 7) is 1.96. The smallest absolute Gasteiger partial charge is 0.251 e. The van der Waals surface area contributed by atoms with Crippen LogP contribution in [0.4, 0.5) is 0 Å². The fraction of sp³-hybridized carbons (Fsp3) is 0.278. The molecule has 0 saturated carbocycles. The molecule has 1 N–H and O–H groups in total. The predicted octanol–water partition coefficient (Wildman–Crippen LogP) is 2.35. The van der Waals surface area contributed by atoms with Crippen molar-refractivity contribution >= 4 is 15.7 Å². The topological polar surface area (TPSA) is 72.5 Å². The molecule has 0 heterocycles. The Labute approximate surface area is 142 Å². The van der Waals surface area contributed by atoms with E-state index in [2.05, 4.69) is 5.32 Å². The minimum atomic E-state index is -3.27. The standard InChI is InChI=1S/C18H21NO4S/c1-14-8-9-16(12-17(14)23-2)18(20)19-10-11-24(21,22)13-15-6-4-3-5-7-15/h3-9,12H,10-11,13H2,1-2H3,(H,19,20). The van der Waals surface area contributed by atoms with Gasteiger partial charge in [0, 0.05) is 12.1 Å². The average molecular weight is 347 g/mol. The summed E-state index contributed by atoms with van der Waals surface area (Å²) in [4.78, 5) is 12.1. The number of rotatable bonds is 7. The molecule has 0 atom stereocenters. The third-order valence-corrected chi connectivity index (χ3v) is 5.20. The molecule has 0 aliphatic heterocycles. The van der Waals surface area contributed by atoms with Gasteiger partial charge in [-0.3, -0.25) is 4.79 Å². The number of nitrogens with one attached hydrogen (secondary N) is 1. The van der Waals surface area contributed by atoms with E-state index in [1.165, 1.54) is 0 Å². The number of carbonyl (C=O) groups is 1. The van der Waals surface area contributed by atoms with Crippen molar-refractivity contribution in [2.75, 3.05) is 19.4 Å². The molecule has 1 amide bonds. The van der Waals surface area contributed by atoms with Crippen LogP contribution in [0, 0.1) is 6.92 Å². The van der Waals surface area contributed by atoms with Gasteiger partial charge in [-0.15, -0.1) is 0 Å². The Balaban J connectivity index is 1.90. The molecule has 2 aromatic rings. The van der Waals surface area contributed by atoms with Crippen LogP contribution in [0.1, 0.15) is 21.5 Å². The van der Waals surface area contributed by atoms with E-state index in [1.54, 1.807) is 49.6 Å². The maximum Gasteiger partial charge on any atom is 0.251 e. The van der Waals surface area contributed by atoms with Gasteiger partial charge in [-0.1, -0.05) is 36.4 Å². The van der Waals surface area contributed by atoms with Crippen molar-refractivity contribution in [3.63, 3.8) is 0 Å². The molecule has 5 nitrogen and oxygen atoms in total. The molecular weight excluding hydrogens is 326 g/mol. The minimum absolute atomic E-state index is 0.0257. The summed E-state index contributed by atoms with van der Waals surface area (Å²) in [5.74, 6) is 0.182. The van der Waals surface area contributed by atoms with E-state index in [4.69, 9.17) is 4.74 Å². The maximum atomic E-state index is 12.1. The van der Waals surface area contributed by atoms with Crippen molar-refractivity contribution in [3.05, 3.63) is 65.2 Å². The monoisotopic (exact) mass is 347 g/mol. The van der Waals surface area contributed by atoms with E-state index in [9.17, 15) is 13.2 Å². The first-order valence-electron chi connectivity index (χ1n) is 7.58. The highest BCUT2D eigenvalue weighted by atomic mass is 32.2. The second-order valence-electron chi connectivity index (χ2n) is 5.52. The van der Waals surface area contributed by atoms with E-state index in [-0.39, 0.29) is 24.0 Å². The van der Waals surface area contributed by atoms with Crippen molar-refractivity contribution in [2.45, 2.75) is 12.7 Å². The third kappa shape index (κ3) is 5.09. The third-order valence-electron chi connectivity index (χ3n) is 3.60. The summed E-state index contributed by atoms with van der Waals surface area (Å²) in [6, 6.07) is 14.1. The van der Waals surface area contributed by atoms with Crippen molar-refractivity contribution in [3.8, 4) is 5.75 Å². The molecule has 2 rings (SSSR count). The predicted molar refractivity (Wildman–Crippen MR) is 94.0 cm³/mol. The van der Waals surface area contributed by atoms with Crippen molar-refractivity contribution in [2.24, 2.45) is 0 Å². The number of carbonyl (C=O) groups excluding carboxylic acids is 1. The van der Waals surface area contributed by atoms with Crippen LogP contribution in [-0.4, -0.2) is 33.7 Å². The van der Waals surface area contributed by atoms with Crippen LogP contribution in [0.15, 0.2) is 48.5 Å². The number of amides is 1. The van der Waals surface area contributed by atoms with E-state index >= 15 is 0 Å². The van der Waals surface area contributed by atoms with Crippen LogP contribution in [0.2, 0.25) is 0 Å². The summed E-state index contributed by atoms with van der Waals surface area (Å²) in [5, 5.41) is 2.64. The lowest BCUT2D eigenvalue weighted by Crippen LogP contribution is -2.29. The highest BCUT2D eigenvalue weighted by molar-refractivity contribution is 7.90. The van der Waals surface area contributed by atoms with Crippen molar-refractivity contribution in [1.29, 1.82) is 0 Å². The summed E-state index contributed by atoms with van der Waals surface area (Å²) in [5.41, 5.74) is 2.12. The first-order chi connectivity index (χ1) is 11.4. The molecule has 0 radical (unpaired) electrons. The number of aryl methyl sites for hydroxylation is 1. The van der Waals surface area contributed by atoms with E-state index in [0.717, 1.165) is 11.1 Å². The molecule has 0 bridgehead atoms. The van der Waals surface area contributed by atoms with Gasteiger partial charge in [0.05, 0.1) is 18.6 Å². The molecule has 0 aromatic heterocycles. The van der Waals surface area contributed by atoms with E-state index in [0.29, 0.717) is 11.3 Å². The van der Waals surface area contributed by atoms with Crippen LogP contribution >= 0.6 is 0 Å². The number of methoxy groups -OCH3 is 1. The highest BCUT2D eigenvalue weighted by Crippen LogP contribution is 2.18. The fourth-order valence-electron chi connectivity index (χ4n) is 2.28. The fourth-order valence-corrected chi connectivity index (χ4v) is 3.54. The van der Waals surface area contributed by atoms with Gasteiger partial charge in [0.25, 0.3) is 5.91 Å². The van der Waals surface area contributed by atoms with Crippen LogP contribution < -0.4 is 10.1 Å². The Morgan fingerprint density at radius 2 is 1.83 bits per heavy atom. The van der Waals surface area contributed by atoms with Crippen LogP contribution in [0.5, 0.6) is 5.75 Å². The van der Waals surface area contributed by atoms with E-state index < -0.39 is 9.84 Å². The number of hydrogen-bond acceptors (Lipinski definition) is 4. The summed E-state index contributed by atoms with van der Waals surface area (Å²) < 4.78 is 29.4. The molecule has 24 heavy (non-hydrogen) atoms. The van der Waals surface area contributed by atoms with Gasteiger partial charge in [0.2, 0.25) is 0 Å². The molecule has 0 unspecified atom stereocenters. The van der Waals surface area contributed by atoms with Crippen LogP contribution in [-0.2, 0) is 15.6 Å². The molecule has 0 fully saturated rings. The number of hydrogen-bond donors (Lipinski definition) is 1. The SMILES string of the molecule is COc1cc(C(=O)NCCS(=O)(=O)Cc2ccccc2)ccc1C. The zero-order valence-corrected chi connectivity index (χ0v) is 14.6. The van der Waals surface area contributed by atoms with Gasteiger partial charge in [0.1, 0.15) is 5.75 Å². The molecule has 128 valence electrons. The van der Waals surface area contributed by atoms with Crippen molar-refractivity contribution < 1.29 is 17.9 Å². The first kappa shape index (κ1) is 18.0. The molecule has 6 heteroatoms. The highest BCUT2D eigenvalue weighted by Gasteiger charge is 2.13. The van der Waals surface area contributed by atoms with Crippen molar-refractivity contribution in [1.82, 2.24) is 5.32 Å². The summed E-state index contributed by atoms with van der Waals surface area (Å²) >= 11 is 0. The molecule has 0 aliphatic carbocycles. The maximum absolute atomic E-state index is 12.1.